The van der Waals surface area contributed by atoms with Crippen LogP contribution in [0.15, 0.2) is 29.6 Å². The van der Waals surface area contributed by atoms with Crippen molar-refractivity contribution >= 4 is 59.3 Å². The second-order valence-corrected chi connectivity index (χ2v) is 7.44. The van der Waals surface area contributed by atoms with Gasteiger partial charge in [-0.3, -0.25) is 9.69 Å². The van der Waals surface area contributed by atoms with Gasteiger partial charge in [0.2, 0.25) is 0 Å². The number of halogens is 3. The molecule has 9 heteroatoms. The van der Waals surface area contributed by atoms with Crippen LogP contribution in [-0.4, -0.2) is 37.6 Å². The summed E-state index contributed by atoms with van der Waals surface area (Å²) in [5, 5.41) is 5.45. The number of carbonyl (C=O) groups excluding carboxylic acids is 1. The van der Waals surface area contributed by atoms with Crippen molar-refractivity contribution in [3.63, 3.8) is 0 Å². The fourth-order valence-electron chi connectivity index (χ4n) is 3.14. The highest BCUT2D eigenvalue weighted by molar-refractivity contribution is 7.10. The maximum absolute atomic E-state index is 12.7. The molecule has 3 N–H and O–H groups in total. The Balaban J connectivity index is 0.00000182. The lowest BCUT2D eigenvalue weighted by atomic mass is 10.1. The molecule has 1 amide bonds. The Bertz CT molecular complexity index is 738. The van der Waals surface area contributed by atoms with Crippen LogP contribution < -0.4 is 15.8 Å². The molecular formula is C18H24Cl3N3O2S. The van der Waals surface area contributed by atoms with E-state index in [2.05, 4.69) is 21.7 Å². The Morgan fingerprint density at radius 2 is 2.07 bits per heavy atom. The Morgan fingerprint density at radius 1 is 1.37 bits per heavy atom. The van der Waals surface area contributed by atoms with Crippen molar-refractivity contribution in [3.05, 3.63) is 45.1 Å². The predicted octanol–water partition coefficient (Wildman–Crippen LogP) is 4.40. The lowest BCUT2D eigenvalue weighted by Crippen LogP contribution is -2.36. The first-order chi connectivity index (χ1) is 12.1. The molecule has 1 atom stereocenters. The minimum atomic E-state index is -0.209. The molecule has 0 aliphatic carbocycles. The van der Waals surface area contributed by atoms with E-state index in [1.165, 1.54) is 24.8 Å². The van der Waals surface area contributed by atoms with E-state index in [9.17, 15) is 4.79 Å². The fourth-order valence-corrected chi connectivity index (χ4v) is 4.17. The highest BCUT2D eigenvalue weighted by Crippen LogP contribution is 2.30. The van der Waals surface area contributed by atoms with Crippen LogP contribution >= 0.6 is 47.8 Å². The van der Waals surface area contributed by atoms with Crippen molar-refractivity contribution < 1.29 is 9.53 Å². The summed E-state index contributed by atoms with van der Waals surface area (Å²) < 4.78 is 5.27. The van der Waals surface area contributed by atoms with Crippen molar-refractivity contribution in [2.75, 3.05) is 32.5 Å². The highest BCUT2D eigenvalue weighted by atomic mass is 35.5. The monoisotopic (exact) mass is 451 g/mol. The molecule has 1 aliphatic heterocycles. The van der Waals surface area contributed by atoms with Gasteiger partial charge in [0.25, 0.3) is 5.91 Å². The summed E-state index contributed by atoms with van der Waals surface area (Å²) in [6, 6.07) is 7.51. The lowest BCUT2D eigenvalue weighted by molar-refractivity contribution is 0.0935. The maximum atomic E-state index is 12.7. The summed E-state index contributed by atoms with van der Waals surface area (Å²) in [6.07, 6.45) is 2.41. The van der Waals surface area contributed by atoms with E-state index in [4.69, 9.17) is 22.1 Å². The number of carbonyl (C=O) groups is 1. The van der Waals surface area contributed by atoms with Gasteiger partial charge in [-0.2, -0.15) is 0 Å². The van der Waals surface area contributed by atoms with Gasteiger partial charge in [-0.1, -0.05) is 17.7 Å². The van der Waals surface area contributed by atoms with Crippen LogP contribution in [0, 0.1) is 0 Å². The average Bonchev–Trinajstić information content (AvgIpc) is 3.31. The van der Waals surface area contributed by atoms with Gasteiger partial charge in [0.1, 0.15) is 5.75 Å². The van der Waals surface area contributed by atoms with Gasteiger partial charge in [0.15, 0.2) is 0 Å². The molecule has 1 aliphatic rings. The van der Waals surface area contributed by atoms with E-state index in [1.807, 2.05) is 6.07 Å². The van der Waals surface area contributed by atoms with Gasteiger partial charge < -0.3 is 15.8 Å². The van der Waals surface area contributed by atoms with Crippen LogP contribution in [0.4, 0.5) is 5.69 Å². The summed E-state index contributed by atoms with van der Waals surface area (Å²) in [7, 11) is 1.51. The van der Waals surface area contributed by atoms with Gasteiger partial charge in [0, 0.05) is 17.5 Å². The average molecular weight is 453 g/mol. The number of likely N-dealkylation sites (tertiary alicyclic amines) is 1. The molecule has 0 radical (unpaired) electrons. The third-order valence-corrected chi connectivity index (χ3v) is 5.77. The molecule has 1 saturated heterocycles. The number of nitrogens with zero attached hydrogens (tertiary/aromatic N) is 1. The van der Waals surface area contributed by atoms with Crippen molar-refractivity contribution in [1.29, 1.82) is 0 Å². The van der Waals surface area contributed by atoms with Crippen molar-refractivity contribution in [2.24, 2.45) is 0 Å². The number of nitrogens with one attached hydrogen (secondary N) is 1. The fraction of sp³-hybridized carbons (Fsp3) is 0.389. The molecule has 0 bridgehead atoms. The van der Waals surface area contributed by atoms with Gasteiger partial charge in [-0.05, 0) is 43.4 Å². The van der Waals surface area contributed by atoms with Gasteiger partial charge in [-0.25, -0.2) is 0 Å². The van der Waals surface area contributed by atoms with Gasteiger partial charge in [-0.15, -0.1) is 36.2 Å². The first-order valence-electron chi connectivity index (χ1n) is 8.29. The second-order valence-electron chi connectivity index (χ2n) is 6.06. The summed E-state index contributed by atoms with van der Waals surface area (Å²) in [6.45, 7) is 2.68. The normalized spacial score (nSPS) is 14.7. The Morgan fingerprint density at radius 3 is 2.67 bits per heavy atom. The molecule has 3 rings (SSSR count). The quantitative estimate of drug-likeness (QED) is 0.637. The van der Waals surface area contributed by atoms with Crippen molar-refractivity contribution in [1.82, 2.24) is 10.2 Å². The molecule has 1 unspecified atom stereocenters. The summed E-state index contributed by atoms with van der Waals surface area (Å²) >= 11 is 7.79. The smallest absolute Gasteiger partial charge is 0.255 e. The van der Waals surface area contributed by atoms with Crippen LogP contribution in [0.5, 0.6) is 5.75 Å². The van der Waals surface area contributed by atoms with E-state index in [1.54, 1.807) is 23.5 Å². The van der Waals surface area contributed by atoms with Crippen LogP contribution in [0.1, 0.15) is 34.1 Å². The third kappa shape index (κ3) is 5.65. The Labute approximate surface area is 181 Å². The SMILES string of the molecule is COc1cc(N)c(Cl)cc1C(=O)NCC(c1cccs1)N1CCCC1.Cl.Cl. The molecule has 1 aromatic heterocycles. The maximum Gasteiger partial charge on any atom is 0.255 e. The van der Waals surface area contributed by atoms with E-state index in [-0.39, 0.29) is 36.8 Å². The molecule has 0 spiro atoms. The standard InChI is InChI=1S/C18H22ClN3O2S.2ClH/c1-24-16-10-14(20)13(19)9-12(16)18(23)21-11-15(17-5-4-8-25-17)22-6-2-3-7-22;;/h4-5,8-10,15H,2-3,6-7,11,20H2,1H3,(H,21,23);2*1H. The zero-order valence-corrected chi connectivity index (χ0v) is 18.1. The molecule has 2 aromatic rings. The van der Waals surface area contributed by atoms with Crippen molar-refractivity contribution in [3.8, 4) is 5.75 Å². The molecule has 5 nitrogen and oxygen atoms in total. The van der Waals surface area contributed by atoms with Crippen molar-refractivity contribution in [2.45, 2.75) is 18.9 Å². The van der Waals surface area contributed by atoms with Crippen LogP contribution in [0.25, 0.3) is 0 Å². The minimum Gasteiger partial charge on any atom is -0.496 e. The first kappa shape index (κ1) is 23.9. The van der Waals surface area contributed by atoms with E-state index >= 15 is 0 Å². The zero-order valence-electron chi connectivity index (χ0n) is 14.9. The molecule has 0 saturated carbocycles. The number of benzene rings is 1. The third-order valence-electron chi connectivity index (χ3n) is 4.47. The van der Waals surface area contributed by atoms with Gasteiger partial charge in [0.05, 0.1) is 29.4 Å². The summed E-state index contributed by atoms with van der Waals surface area (Å²) in [5.41, 5.74) is 6.57. The number of thiophene rings is 1. The molecule has 1 aromatic carbocycles. The number of rotatable bonds is 6. The van der Waals surface area contributed by atoms with Crippen LogP contribution in [-0.2, 0) is 0 Å². The zero-order chi connectivity index (χ0) is 17.8. The first-order valence-corrected chi connectivity index (χ1v) is 9.54. The summed E-state index contributed by atoms with van der Waals surface area (Å²) in [5.74, 6) is 0.216. The van der Waals surface area contributed by atoms with E-state index < -0.39 is 0 Å². The number of anilines is 1. The van der Waals surface area contributed by atoms with Crippen LogP contribution in [0.2, 0.25) is 5.02 Å². The topological polar surface area (TPSA) is 67.6 Å². The largest absolute Gasteiger partial charge is 0.496 e. The van der Waals surface area contributed by atoms with Crippen LogP contribution in [0.3, 0.4) is 0 Å². The minimum absolute atomic E-state index is 0. The molecule has 150 valence electrons. The number of nitrogens with two attached hydrogens (primary N) is 1. The van der Waals surface area contributed by atoms with E-state index in [0.29, 0.717) is 28.6 Å². The lowest BCUT2D eigenvalue weighted by Gasteiger charge is -2.27. The number of amides is 1. The number of hydrogen-bond acceptors (Lipinski definition) is 5. The summed E-state index contributed by atoms with van der Waals surface area (Å²) in [4.78, 5) is 16.4. The molecule has 1 fully saturated rings. The number of nitrogen functional groups attached to an aromatic ring is 1. The van der Waals surface area contributed by atoms with E-state index in [0.717, 1.165) is 13.1 Å². The predicted molar refractivity (Wildman–Crippen MR) is 117 cm³/mol. The Hall–Kier alpha value is -1.18. The highest BCUT2D eigenvalue weighted by Gasteiger charge is 2.25. The molecule has 2 heterocycles. The second kappa shape index (κ2) is 11.0. The molecular weight excluding hydrogens is 429 g/mol. The molecule has 27 heavy (non-hydrogen) atoms. The number of hydrogen-bond donors (Lipinski definition) is 2. The Kier molecular flexibility index (Phi) is 9.70. The van der Waals surface area contributed by atoms with Gasteiger partial charge >= 0.3 is 0 Å². The number of ether oxygens (including phenoxy) is 1. The number of methoxy groups -OCH3 is 1.